The number of hydrogen-bond donors (Lipinski definition) is 1. The zero-order valence-corrected chi connectivity index (χ0v) is 8.73. The molecule has 1 aliphatic rings. The van der Waals surface area contributed by atoms with E-state index in [4.69, 9.17) is 15.0 Å². The molecular weight excluding hydrogens is 193 g/mol. The molecule has 0 bridgehead atoms. The van der Waals surface area contributed by atoms with E-state index < -0.39 is 12.7 Å². The Hall–Kier alpha value is -1.56. The Balaban J connectivity index is 2.21. The summed E-state index contributed by atoms with van der Waals surface area (Å²) in [6.45, 7) is 7.56. The topological polar surface area (TPSA) is 70.3 Å². The van der Waals surface area contributed by atoms with Gasteiger partial charge in [0.2, 0.25) is 0 Å². The first kappa shape index (κ1) is 9.98. The fourth-order valence-corrected chi connectivity index (χ4v) is 1.22. The highest BCUT2D eigenvalue weighted by atomic mass is 16.7. The number of nitrogen functional groups attached to an aromatic ring is 1. The summed E-state index contributed by atoms with van der Waals surface area (Å²) in [4.78, 5) is 8.00. The van der Waals surface area contributed by atoms with Crippen molar-refractivity contribution in [2.75, 3.05) is 5.73 Å². The van der Waals surface area contributed by atoms with Crippen LogP contribution in [0.2, 0.25) is 0 Å². The second kappa shape index (κ2) is 3.24. The first-order valence-electron chi connectivity index (χ1n) is 4.60. The number of hydrogen-bond acceptors (Lipinski definition) is 5. The van der Waals surface area contributed by atoms with Crippen molar-refractivity contribution in [3.63, 3.8) is 0 Å². The van der Waals surface area contributed by atoms with Gasteiger partial charge in [-0.2, -0.15) is 0 Å². The maximum Gasteiger partial charge on any atom is 0.584 e. The van der Waals surface area contributed by atoms with Crippen molar-refractivity contribution in [1.29, 1.82) is 0 Å². The monoisotopic (exact) mass is 205 g/mol. The van der Waals surface area contributed by atoms with E-state index in [1.807, 2.05) is 13.8 Å². The summed E-state index contributed by atoms with van der Waals surface area (Å²) in [6.07, 6.45) is 3.00. The Morgan fingerprint density at radius 2 is 2.13 bits per heavy atom. The maximum absolute atomic E-state index is 5.62. The van der Waals surface area contributed by atoms with Gasteiger partial charge in [-0.25, -0.2) is 4.98 Å². The number of nitrogens with zero attached hydrogens (tertiary/aromatic N) is 2. The first-order valence-corrected chi connectivity index (χ1v) is 4.60. The number of nitrogens with two attached hydrogens (primary N) is 1. The van der Waals surface area contributed by atoms with Crippen LogP contribution in [-0.2, 0) is 9.31 Å². The predicted octanol–water partition coefficient (Wildman–Crippen LogP) is 0.0931. The molecule has 0 spiro atoms. The van der Waals surface area contributed by atoms with E-state index in [9.17, 15) is 0 Å². The molecule has 2 N–H and O–H groups in total. The smallest absolute Gasteiger partial charge is 0.533 e. The summed E-state index contributed by atoms with van der Waals surface area (Å²) < 4.78 is 11.1. The lowest BCUT2D eigenvalue weighted by Crippen LogP contribution is -2.36. The summed E-state index contributed by atoms with van der Waals surface area (Å²) in [5.41, 5.74) is 5.53. The van der Waals surface area contributed by atoms with Crippen molar-refractivity contribution >= 4 is 18.5 Å². The lowest BCUT2D eigenvalue weighted by atomic mass is 9.85. The van der Waals surface area contributed by atoms with Gasteiger partial charge >= 0.3 is 7.12 Å². The van der Waals surface area contributed by atoms with Gasteiger partial charge in [0.1, 0.15) is 17.0 Å². The van der Waals surface area contributed by atoms with Crippen molar-refractivity contribution in [2.24, 2.45) is 0 Å². The van der Waals surface area contributed by atoms with Gasteiger partial charge in [0.25, 0.3) is 0 Å². The molecule has 0 radical (unpaired) electrons. The molecule has 5 nitrogen and oxygen atoms in total. The van der Waals surface area contributed by atoms with Gasteiger partial charge in [-0.15, -0.1) is 0 Å². The maximum atomic E-state index is 5.62. The average Bonchev–Trinajstić information content (AvgIpc) is 2.42. The van der Waals surface area contributed by atoms with E-state index in [1.54, 1.807) is 0 Å². The quantitative estimate of drug-likeness (QED) is 0.658. The lowest BCUT2D eigenvalue weighted by Gasteiger charge is -2.15. The van der Waals surface area contributed by atoms with Crippen LogP contribution in [0.4, 0.5) is 5.82 Å². The number of aromatic nitrogens is 2. The summed E-state index contributed by atoms with van der Waals surface area (Å²) in [6, 6.07) is 0. The largest absolute Gasteiger partial charge is 0.584 e. The van der Waals surface area contributed by atoms with Crippen LogP contribution >= 0.6 is 0 Å². The van der Waals surface area contributed by atoms with Crippen LogP contribution in [0.5, 0.6) is 0 Å². The van der Waals surface area contributed by atoms with Crippen molar-refractivity contribution in [3.8, 4) is 0 Å². The highest BCUT2D eigenvalue weighted by molar-refractivity contribution is 6.61. The van der Waals surface area contributed by atoms with Crippen molar-refractivity contribution in [3.05, 3.63) is 24.7 Å². The molecule has 2 rings (SSSR count). The molecule has 1 saturated heterocycles. The van der Waals surface area contributed by atoms with Crippen LogP contribution < -0.4 is 11.3 Å². The highest BCUT2D eigenvalue weighted by Crippen LogP contribution is 2.28. The van der Waals surface area contributed by atoms with E-state index >= 15 is 0 Å². The van der Waals surface area contributed by atoms with E-state index in [0.29, 0.717) is 17.2 Å². The summed E-state index contributed by atoms with van der Waals surface area (Å²) in [5, 5.41) is 0. The van der Waals surface area contributed by atoms with Crippen LogP contribution in [0.15, 0.2) is 24.7 Å². The van der Waals surface area contributed by atoms with Gasteiger partial charge in [0.05, 0.1) is 12.0 Å². The molecule has 1 aliphatic heterocycles. The number of anilines is 1. The van der Waals surface area contributed by atoms with E-state index in [2.05, 4.69) is 16.5 Å². The Labute approximate surface area is 88.5 Å². The van der Waals surface area contributed by atoms with Crippen LogP contribution in [0.3, 0.4) is 0 Å². The molecule has 1 aromatic heterocycles. The molecule has 2 heterocycles. The van der Waals surface area contributed by atoms with Crippen LogP contribution in [0.1, 0.15) is 13.8 Å². The molecule has 78 valence electrons. The standard InChI is InChI=1S/C9H12BN3O2/c1-6-9(2,3)15-10(14-6)7-4-13-8(11)5-12-7/h4-5H,1H2,2-3H3,(H2,11,13). The second-order valence-electron chi connectivity index (χ2n) is 3.87. The third-order valence-electron chi connectivity index (χ3n) is 2.26. The van der Waals surface area contributed by atoms with Gasteiger partial charge in [-0.05, 0) is 13.8 Å². The van der Waals surface area contributed by atoms with Gasteiger partial charge < -0.3 is 15.0 Å². The third kappa shape index (κ3) is 1.80. The minimum atomic E-state index is -0.541. The fourth-order valence-electron chi connectivity index (χ4n) is 1.22. The zero-order chi connectivity index (χ0) is 11.1. The van der Waals surface area contributed by atoms with Gasteiger partial charge in [0.15, 0.2) is 0 Å². The summed E-state index contributed by atoms with van der Waals surface area (Å²) in [5.74, 6) is 0.959. The Morgan fingerprint density at radius 1 is 1.40 bits per heavy atom. The van der Waals surface area contributed by atoms with Crippen molar-refractivity contribution in [1.82, 2.24) is 9.97 Å². The third-order valence-corrected chi connectivity index (χ3v) is 2.26. The lowest BCUT2D eigenvalue weighted by molar-refractivity contribution is 0.173. The molecule has 0 atom stereocenters. The number of rotatable bonds is 1. The normalized spacial score (nSPS) is 19.1. The molecule has 15 heavy (non-hydrogen) atoms. The summed E-state index contributed by atoms with van der Waals surface area (Å²) >= 11 is 0. The molecule has 0 aliphatic carbocycles. The molecule has 0 unspecified atom stereocenters. The Morgan fingerprint density at radius 3 is 2.60 bits per heavy atom. The van der Waals surface area contributed by atoms with Crippen LogP contribution in [-0.4, -0.2) is 22.7 Å². The first-order chi connectivity index (χ1) is 6.99. The molecule has 1 aromatic rings. The summed E-state index contributed by atoms with van der Waals surface area (Å²) in [7, 11) is -0.541. The van der Waals surface area contributed by atoms with E-state index in [0.717, 1.165) is 0 Å². The predicted molar refractivity (Wildman–Crippen MR) is 57.2 cm³/mol. The Kier molecular flexibility index (Phi) is 2.15. The SMILES string of the molecule is C=C1OB(c2cnc(N)cn2)OC1(C)C. The molecule has 0 saturated carbocycles. The molecule has 6 heteroatoms. The van der Waals surface area contributed by atoms with Gasteiger partial charge in [0, 0.05) is 6.20 Å². The van der Waals surface area contributed by atoms with Crippen molar-refractivity contribution < 1.29 is 9.31 Å². The molecule has 1 fully saturated rings. The van der Waals surface area contributed by atoms with Crippen LogP contribution in [0, 0.1) is 0 Å². The minimum absolute atomic E-state index is 0.370. The second-order valence-corrected chi connectivity index (χ2v) is 3.87. The molecular formula is C9H12BN3O2. The molecule has 0 amide bonds. The van der Waals surface area contributed by atoms with E-state index in [-0.39, 0.29) is 0 Å². The van der Waals surface area contributed by atoms with Crippen molar-refractivity contribution in [2.45, 2.75) is 19.4 Å². The minimum Gasteiger partial charge on any atom is -0.533 e. The van der Waals surface area contributed by atoms with E-state index in [1.165, 1.54) is 12.4 Å². The zero-order valence-electron chi connectivity index (χ0n) is 8.73. The van der Waals surface area contributed by atoms with Gasteiger partial charge in [-0.1, -0.05) is 6.58 Å². The Bertz CT molecular complexity index is 391. The average molecular weight is 205 g/mol. The van der Waals surface area contributed by atoms with Gasteiger partial charge in [-0.3, -0.25) is 4.98 Å². The molecule has 0 aromatic carbocycles. The highest BCUT2D eigenvalue weighted by Gasteiger charge is 2.43. The fraction of sp³-hybridized carbons (Fsp3) is 0.333. The van der Waals surface area contributed by atoms with Crippen LogP contribution in [0.25, 0.3) is 0 Å².